The molecule has 2 bridgehead atoms. The van der Waals surface area contributed by atoms with E-state index in [1.165, 1.54) is 61.3 Å². The Kier molecular flexibility index (Phi) is 9.31. The summed E-state index contributed by atoms with van der Waals surface area (Å²) >= 11 is 1.72. The highest BCUT2D eigenvalue weighted by atomic mass is 32.1. The zero-order valence-corrected chi connectivity index (χ0v) is 21.1. The Hall–Kier alpha value is -1.45. The Morgan fingerprint density at radius 1 is 1.13 bits per heavy atom. The first-order valence-corrected chi connectivity index (χ1v) is 12.5. The van der Waals surface area contributed by atoms with Gasteiger partial charge in [-0.15, -0.1) is 17.9 Å². The third-order valence-corrected chi connectivity index (χ3v) is 6.86. The first-order valence-electron chi connectivity index (χ1n) is 11.6. The zero-order valence-electron chi connectivity index (χ0n) is 20.3. The van der Waals surface area contributed by atoms with Crippen LogP contribution in [-0.4, -0.2) is 29.5 Å². The van der Waals surface area contributed by atoms with E-state index in [0.29, 0.717) is 0 Å². The van der Waals surface area contributed by atoms with Crippen molar-refractivity contribution in [3.05, 3.63) is 53.1 Å². The van der Waals surface area contributed by atoms with Crippen molar-refractivity contribution in [2.75, 3.05) is 19.6 Å². The maximum atomic E-state index is 4.70. The molecule has 166 valence electrons. The summed E-state index contributed by atoms with van der Waals surface area (Å²) in [5.41, 5.74) is 5.18. The van der Waals surface area contributed by atoms with Gasteiger partial charge in [0.15, 0.2) is 0 Å². The number of thiazole rings is 1. The van der Waals surface area contributed by atoms with Crippen molar-refractivity contribution in [3.8, 4) is 10.6 Å². The van der Waals surface area contributed by atoms with Gasteiger partial charge in [0, 0.05) is 22.9 Å². The SMILES string of the molecule is C=C(C)CC1CN2CCC1CC2.CC.Cc1ccc(-c2nc(C(C)(C)C)cs2)cc1. The Bertz CT molecular complexity index is 774. The standard InChI is InChI=1S/C14H17NS.C11H19N.C2H6/c1-10-5-7-11(8-6-10)13-15-12(9-16-13)14(2,3)4;1-9(2)7-11-8-12-5-3-10(11)4-6-12;1-2/h5-9H,1-4H3;10-11H,1,3-8H2,2H3;1-2H3. The normalized spacial score (nSPS) is 22.4. The van der Waals surface area contributed by atoms with Gasteiger partial charge >= 0.3 is 0 Å². The minimum Gasteiger partial charge on any atom is -0.303 e. The van der Waals surface area contributed by atoms with Gasteiger partial charge in [-0.2, -0.15) is 0 Å². The van der Waals surface area contributed by atoms with Gasteiger partial charge < -0.3 is 4.90 Å². The Morgan fingerprint density at radius 2 is 1.73 bits per heavy atom. The molecule has 0 radical (unpaired) electrons. The minimum atomic E-state index is 0.138. The lowest BCUT2D eigenvalue weighted by Gasteiger charge is -2.45. The third-order valence-electron chi connectivity index (χ3n) is 5.97. The largest absolute Gasteiger partial charge is 0.303 e. The predicted molar refractivity (Wildman–Crippen MR) is 134 cm³/mol. The molecule has 3 fully saturated rings. The van der Waals surface area contributed by atoms with Gasteiger partial charge in [0.25, 0.3) is 0 Å². The second kappa shape index (κ2) is 11.2. The summed E-state index contributed by atoms with van der Waals surface area (Å²) in [5, 5.41) is 3.28. The van der Waals surface area contributed by atoms with Crippen molar-refractivity contribution in [1.29, 1.82) is 0 Å². The highest BCUT2D eigenvalue weighted by molar-refractivity contribution is 7.13. The van der Waals surface area contributed by atoms with Crippen molar-refractivity contribution >= 4 is 11.3 Å². The molecule has 3 heteroatoms. The first-order chi connectivity index (χ1) is 14.2. The Labute approximate surface area is 189 Å². The lowest BCUT2D eigenvalue weighted by molar-refractivity contribution is 0.0513. The van der Waals surface area contributed by atoms with Crippen LogP contribution in [0.15, 0.2) is 41.8 Å². The molecule has 2 aromatic rings. The van der Waals surface area contributed by atoms with Crippen molar-refractivity contribution in [2.45, 2.75) is 73.1 Å². The number of allylic oxidation sites excluding steroid dienone is 1. The van der Waals surface area contributed by atoms with Gasteiger partial charge in [0.1, 0.15) is 5.01 Å². The fourth-order valence-electron chi connectivity index (χ4n) is 4.21. The second-order valence-corrected chi connectivity index (χ2v) is 10.6. The molecule has 1 unspecified atom stereocenters. The van der Waals surface area contributed by atoms with E-state index in [9.17, 15) is 0 Å². The number of aryl methyl sites for hydroxylation is 1. The van der Waals surface area contributed by atoms with Crippen LogP contribution < -0.4 is 0 Å². The molecule has 0 aliphatic carbocycles. The van der Waals surface area contributed by atoms with Gasteiger partial charge in [-0.25, -0.2) is 4.98 Å². The van der Waals surface area contributed by atoms with Gasteiger partial charge in [-0.1, -0.05) is 70.0 Å². The molecule has 3 saturated heterocycles. The number of fused-ring (bicyclic) bond motifs is 3. The molecule has 0 amide bonds. The van der Waals surface area contributed by atoms with Crippen molar-refractivity contribution in [2.24, 2.45) is 11.8 Å². The maximum Gasteiger partial charge on any atom is 0.123 e. The fraction of sp³-hybridized carbons (Fsp3) is 0.593. The molecule has 1 atom stereocenters. The van der Waals surface area contributed by atoms with Crippen LogP contribution >= 0.6 is 11.3 Å². The molecule has 5 rings (SSSR count). The topological polar surface area (TPSA) is 16.1 Å². The minimum absolute atomic E-state index is 0.138. The second-order valence-electron chi connectivity index (χ2n) is 9.71. The van der Waals surface area contributed by atoms with Gasteiger partial charge in [-0.05, 0) is 58.0 Å². The predicted octanol–water partition coefficient (Wildman–Crippen LogP) is 7.74. The van der Waals surface area contributed by atoms with Crippen molar-refractivity contribution < 1.29 is 0 Å². The summed E-state index contributed by atoms with van der Waals surface area (Å²) in [5.74, 6) is 1.96. The van der Waals surface area contributed by atoms with Crippen LogP contribution in [0, 0.1) is 18.8 Å². The van der Waals surface area contributed by atoms with Gasteiger partial charge in [0.2, 0.25) is 0 Å². The van der Waals surface area contributed by atoms with Crippen LogP contribution in [0.2, 0.25) is 0 Å². The molecule has 1 aromatic heterocycles. The van der Waals surface area contributed by atoms with Gasteiger partial charge in [0.05, 0.1) is 5.69 Å². The Morgan fingerprint density at radius 3 is 2.17 bits per heavy atom. The summed E-state index contributed by atoms with van der Waals surface area (Å²) in [7, 11) is 0. The smallest absolute Gasteiger partial charge is 0.123 e. The van der Waals surface area contributed by atoms with E-state index < -0.39 is 0 Å². The average molecular weight is 427 g/mol. The summed E-state index contributed by atoms with van der Waals surface area (Å²) in [6.07, 6.45) is 4.15. The molecular weight excluding hydrogens is 384 g/mol. The average Bonchev–Trinajstić information content (AvgIpc) is 3.22. The molecule has 2 nitrogen and oxygen atoms in total. The number of benzene rings is 1. The van der Waals surface area contributed by atoms with Gasteiger partial charge in [-0.3, -0.25) is 0 Å². The van der Waals surface area contributed by atoms with E-state index >= 15 is 0 Å². The van der Waals surface area contributed by atoms with E-state index in [1.54, 1.807) is 11.3 Å². The number of hydrogen-bond donors (Lipinski definition) is 0. The first kappa shape index (κ1) is 24.8. The highest BCUT2D eigenvalue weighted by Gasteiger charge is 2.33. The molecule has 30 heavy (non-hydrogen) atoms. The molecular formula is C27H42N2S. The van der Waals surface area contributed by atoms with Crippen LogP contribution in [0.25, 0.3) is 10.6 Å². The molecule has 0 saturated carbocycles. The van der Waals surface area contributed by atoms with Crippen LogP contribution in [0.3, 0.4) is 0 Å². The quantitative estimate of drug-likeness (QED) is 0.467. The molecule has 0 spiro atoms. The highest BCUT2D eigenvalue weighted by Crippen LogP contribution is 2.35. The van der Waals surface area contributed by atoms with E-state index in [4.69, 9.17) is 4.98 Å². The van der Waals surface area contributed by atoms with Crippen molar-refractivity contribution in [1.82, 2.24) is 9.88 Å². The zero-order chi connectivity index (χ0) is 22.3. The van der Waals surface area contributed by atoms with Crippen molar-refractivity contribution in [3.63, 3.8) is 0 Å². The molecule has 3 aliphatic rings. The van der Waals surface area contributed by atoms with E-state index in [1.807, 2.05) is 13.8 Å². The molecule has 0 N–H and O–H groups in total. The number of aromatic nitrogens is 1. The summed E-state index contributed by atoms with van der Waals surface area (Å²) in [6.45, 7) is 22.9. The molecule has 3 aliphatic heterocycles. The van der Waals surface area contributed by atoms with Crippen LogP contribution in [-0.2, 0) is 5.41 Å². The van der Waals surface area contributed by atoms with E-state index in [-0.39, 0.29) is 5.41 Å². The van der Waals surface area contributed by atoms with Crippen LogP contribution in [0.1, 0.15) is 72.1 Å². The van der Waals surface area contributed by atoms with E-state index in [0.717, 1.165) is 16.8 Å². The maximum absolute atomic E-state index is 4.70. The number of rotatable bonds is 3. The summed E-state index contributed by atoms with van der Waals surface area (Å²) in [6, 6.07) is 8.54. The number of hydrogen-bond acceptors (Lipinski definition) is 3. The monoisotopic (exact) mass is 426 g/mol. The summed E-state index contributed by atoms with van der Waals surface area (Å²) < 4.78 is 0. The number of nitrogens with zero attached hydrogens (tertiary/aromatic N) is 2. The van der Waals surface area contributed by atoms with E-state index in [2.05, 4.69) is 75.7 Å². The Balaban J connectivity index is 0.000000204. The molecule has 4 heterocycles. The lowest BCUT2D eigenvalue weighted by atomic mass is 9.76. The lowest BCUT2D eigenvalue weighted by Crippen LogP contribution is -2.47. The number of piperidine rings is 3. The van der Waals surface area contributed by atoms with Crippen LogP contribution in [0.5, 0.6) is 0 Å². The third kappa shape index (κ3) is 7.06. The summed E-state index contributed by atoms with van der Waals surface area (Å²) in [4.78, 5) is 7.32. The van der Waals surface area contributed by atoms with Crippen LogP contribution in [0.4, 0.5) is 0 Å². The fourth-order valence-corrected chi connectivity index (χ4v) is 5.27. The molecule has 1 aromatic carbocycles.